The smallest absolute Gasteiger partial charge is 0.329 e. The Bertz CT molecular complexity index is 688. The van der Waals surface area contributed by atoms with Crippen molar-refractivity contribution in [3.8, 4) is 0 Å². The van der Waals surface area contributed by atoms with E-state index in [9.17, 15) is 14.4 Å². The van der Waals surface area contributed by atoms with Crippen molar-refractivity contribution in [1.29, 1.82) is 0 Å². The maximum Gasteiger partial charge on any atom is 0.329 e. The fourth-order valence-electron chi connectivity index (χ4n) is 2.63. The van der Waals surface area contributed by atoms with E-state index in [0.29, 0.717) is 11.4 Å². The highest BCUT2D eigenvalue weighted by Gasteiger charge is 2.20. The Morgan fingerprint density at radius 1 is 1.08 bits per heavy atom. The lowest BCUT2D eigenvalue weighted by molar-refractivity contribution is -0.136. The van der Waals surface area contributed by atoms with Gasteiger partial charge in [-0.25, -0.2) is 5.43 Å². The van der Waals surface area contributed by atoms with Crippen molar-refractivity contribution in [2.24, 2.45) is 5.10 Å². The van der Waals surface area contributed by atoms with Crippen LogP contribution in [0.15, 0.2) is 29.4 Å². The average molecular weight is 360 g/mol. The largest absolute Gasteiger partial charge is 0.338 e. The number of benzene rings is 1. The zero-order chi connectivity index (χ0) is 19.9. The van der Waals surface area contributed by atoms with Gasteiger partial charge in [0, 0.05) is 23.5 Å². The van der Waals surface area contributed by atoms with Gasteiger partial charge in [-0.3, -0.25) is 14.4 Å². The first-order valence-corrected chi connectivity index (χ1v) is 8.64. The van der Waals surface area contributed by atoms with Crippen LogP contribution in [0.25, 0.3) is 0 Å². The Kier molecular flexibility index (Phi) is 7.96. The summed E-state index contributed by atoms with van der Waals surface area (Å²) in [5.41, 5.74) is 4.12. The molecule has 1 aromatic carbocycles. The number of aryl methyl sites for hydroxylation is 1. The van der Waals surface area contributed by atoms with E-state index in [-0.39, 0.29) is 24.4 Å². The van der Waals surface area contributed by atoms with Crippen molar-refractivity contribution in [2.75, 3.05) is 5.32 Å². The number of rotatable bonds is 6. The summed E-state index contributed by atoms with van der Waals surface area (Å²) in [6, 6.07) is 7.27. The number of amides is 3. The molecule has 2 N–H and O–H groups in total. The molecule has 7 heteroatoms. The number of nitrogens with one attached hydrogen (secondary N) is 2. The molecule has 0 saturated carbocycles. The van der Waals surface area contributed by atoms with E-state index >= 15 is 0 Å². The summed E-state index contributed by atoms with van der Waals surface area (Å²) >= 11 is 0. The predicted octanol–water partition coefficient (Wildman–Crippen LogP) is 2.46. The molecule has 0 heterocycles. The Morgan fingerprint density at radius 3 is 2.23 bits per heavy atom. The molecule has 0 aliphatic heterocycles. The number of hydrogen-bond donors (Lipinski definition) is 2. The highest BCUT2D eigenvalue weighted by Crippen LogP contribution is 2.09. The first kappa shape index (κ1) is 21.3. The second-order valence-corrected chi connectivity index (χ2v) is 6.78. The number of hydrazone groups is 1. The normalized spacial score (nSPS) is 11.5. The molecule has 142 valence electrons. The van der Waals surface area contributed by atoms with Crippen molar-refractivity contribution < 1.29 is 14.4 Å². The van der Waals surface area contributed by atoms with Gasteiger partial charge in [-0.2, -0.15) is 5.10 Å². The van der Waals surface area contributed by atoms with Gasteiger partial charge in [0.1, 0.15) is 0 Å². The maximum atomic E-state index is 12.3. The van der Waals surface area contributed by atoms with E-state index in [1.165, 1.54) is 0 Å². The Balaban J connectivity index is 2.60. The van der Waals surface area contributed by atoms with Gasteiger partial charge in [-0.05, 0) is 59.2 Å². The van der Waals surface area contributed by atoms with Crippen LogP contribution < -0.4 is 10.7 Å². The molecule has 0 atom stereocenters. The van der Waals surface area contributed by atoms with Crippen molar-refractivity contribution in [1.82, 2.24) is 10.3 Å². The van der Waals surface area contributed by atoms with Crippen molar-refractivity contribution >= 4 is 29.1 Å². The van der Waals surface area contributed by atoms with Crippen LogP contribution in [0.1, 0.15) is 46.6 Å². The fourth-order valence-corrected chi connectivity index (χ4v) is 2.63. The van der Waals surface area contributed by atoms with Crippen LogP contribution in [0.4, 0.5) is 5.69 Å². The summed E-state index contributed by atoms with van der Waals surface area (Å²) in [6.45, 7) is 11.3. The molecule has 0 radical (unpaired) electrons. The lowest BCUT2D eigenvalue weighted by Gasteiger charge is -2.30. The topological polar surface area (TPSA) is 90.9 Å². The molecule has 0 fully saturated rings. The maximum absolute atomic E-state index is 12.3. The molecule has 1 aromatic rings. The molecular formula is C19H28N4O3. The number of anilines is 1. The third kappa shape index (κ3) is 6.66. The van der Waals surface area contributed by atoms with E-state index in [1.807, 2.05) is 40.7 Å². The number of nitrogens with zero attached hydrogens (tertiary/aromatic N) is 2. The summed E-state index contributed by atoms with van der Waals surface area (Å²) in [6.07, 6.45) is 0.0795. The van der Waals surface area contributed by atoms with Crippen molar-refractivity contribution in [2.45, 2.75) is 60.0 Å². The van der Waals surface area contributed by atoms with E-state index < -0.39 is 11.8 Å². The van der Waals surface area contributed by atoms with Crippen LogP contribution in [0.3, 0.4) is 0 Å². The minimum atomic E-state index is -0.886. The van der Waals surface area contributed by atoms with Crippen LogP contribution in [0, 0.1) is 6.92 Å². The van der Waals surface area contributed by atoms with E-state index in [0.717, 1.165) is 5.56 Å². The third-order valence-corrected chi connectivity index (χ3v) is 3.64. The van der Waals surface area contributed by atoms with E-state index in [4.69, 9.17) is 0 Å². The molecule has 0 aromatic heterocycles. The van der Waals surface area contributed by atoms with Gasteiger partial charge in [0.05, 0.1) is 6.42 Å². The number of carbonyl (C=O) groups excluding carboxylic acids is 3. The summed E-state index contributed by atoms with van der Waals surface area (Å²) in [5.74, 6) is -1.78. The van der Waals surface area contributed by atoms with Crippen LogP contribution >= 0.6 is 0 Å². The van der Waals surface area contributed by atoms with Crippen LogP contribution in [-0.2, 0) is 14.4 Å². The van der Waals surface area contributed by atoms with Crippen molar-refractivity contribution in [3.63, 3.8) is 0 Å². The Hall–Kier alpha value is -2.70. The first-order valence-electron chi connectivity index (χ1n) is 8.64. The van der Waals surface area contributed by atoms with Gasteiger partial charge in [0.15, 0.2) is 0 Å². The molecule has 26 heavy (non-hydrogen) atoms. The quantitative estimate of drug-likeness (QED) is 0.464. The summed E-state index contributed by atoms with van der Waals surface area (Å²) < 4.78 is 0. The van der Waals surface area contributed by atoms with Gasteiger partial charge in [0.25, 0.3) is 0 Å². The molecular weight excluding hydrogens is 332 g/mol. The second kappa shape index (κ2) is 9.70. The van der Waals surface area contributed by atoms with Crippen LogP contribution in [0.5, 0.6) is 0 Å². The minimum Gasteiger partial charge on any atom is -0.338 e. The molecule has 7 nitrogen and oxygen atoms in total. The molecule has 0 aliphatic carbocycles. The molecule has 1 rings (SSSR count). The monoisotopic (exact) mass is 360 g/mol. The highest BCUT2D eigenvalue weighted by atomic mass is 16.2. The van der Waals surface area contributed by atoms with Gasteiger partial charge >= 0.3 is 11.8 Å². The van der Waals surface area contributed by atoms with Gasteiger partial charge < -0.3 is 10.2 Å². The van der Waals surface area contributed by atoms with Crippen LogP contribution in [0.2, 0.25) is 0 Å². The highest BCUT2D eigenvalue weighted by molar-refractivity contribution is 6.39. The first-order chi connectivity index (χ1) is 12.1. The van der Waals surface area contributed by atoms with Crippen molar-refractivity contribution in [3.05, 3.63) is 29.8 Å². The molecule has 0 saturated heterocycles. The Morgan fingerprint density at radius 2 is 1.69 bits per heavy atom. The number of carbonyl (C=O) groups is 3. The fraction of sp³-hybridized carbons (Fsp3) is 0.474. The van der Waals surface area contributed by atoms with E-state index in [1.54, 1.807) is 30.0 Å². The second-order valence-electron chi connectivity index (χ2n) is 6.78. The van der Waals surface area contributed by atoms with Gasteiger partial charge in [-0.1, -0.05) is 12.1 Å². The summed E-state index contributed by atoms with van der Waals surface area (Å²) in [7, 11) is 0. The molecule has 0 aliphatic rings. The lowest BCUT2D eigenvalue weighted by Crippen LogP contribution is -2.42. The third-order valence-electron chi connectivity index (χ3n) is 3.64. The summed E-state index contributed by atoms with van der Waals surface area (Å²) in [4.78, 5) is 37.8. The summed E-state index contributed by atoms with van der Waals surface area (Å²) in [5, 5.41) is 6.35. The standard InChI is InChI=1S/C19H28N4O3/c1-12(2)23(13(3)4)17(24)11-15(6)21-22-19(26)18(25)20-16-9-7-8-14(5)10-16/h7-10,12-13H,11H2,1-6H3,(H,20,25)(H,22,26)/b21-15+. The van der Waals surface area contributed by atoms with E-state index in [2.05, 4.69) is 15.8 Å². The number of hydrogen-bond acceptors (Lipinski definition) is 4. The molecule has 0 bridgehead atoms. The SMILES string of the molecule is C/C(CC(=O)N(C(C)C)C(C)C)=N\NC(=O)C(=O)Nc1cccc(C)c1. The molecule has 0 spiro atoms. The lowest BCUT2D eigenvalue weighted by atomic mass is 10.2. The minimum absolute atomic E-state index is 0.0741. The predicted molar refractivity (Wildman–Crippen MR) is 103 cm³/mol. The zero-order valence-corrected chi connectivity index (χ0v) is 16.3. The Labute approximate surface area is 154 Å². The van der Waals surface area contributed by atoms with Gasteiger partial charge in [0.2, 0.25) is 5.91 Å². The molecule has 3 amide bonds. The molecule has 0 unspecified atom stereocenters. The van der Waals surface area contributed by atoms with Crippen LogP contribution in [-0.4, -0.2) is 40.4 Å². The average Bonchev–Trinajstić information content (AvgIpc) is 2.51. The zero-order valence-electron chi connectivity index (χ0n) is 16.3. The van der Waals surface area contributed by atoms with Gasteiger partial charge in [-0.15, -0.1) is 0 Å².